The SMILES string of the molecule is O=C(c1ccc2ccccc2c1)[P+](=O)C(=O)c1ccc2ccccc2c1. The highest BCUT2D eigenvalue weighted by atomic mass is 31.1. The van der Waals surface area contributed by atoms with Gasteiger partial charge in [-0.3, -0.25) is 0 Å². The molecular formula is C22H14O3P+. The lowest BCUT2D eigenvalue weighted by Gasteiger charge is -1.99. The zero-order chi connectivity index (χ0) is 18.1. The van der Waals surface area contributed by atoms with Gasteiger partial charge in [0.05, 0.1) is 11.1 Å². The Morgan fingerprint density at radius 1 is 0.538 bits per heavy atom. The Bertz CT molecular complexity index is 1100. The lowest BCUT2D eigenvalue weighted by atomic mass is 10.1. The molecule has 0 unspecified atom stereocenters. The molecule has 0 aliphatic rings. The van der Waals surface area contributed by atoms with Gasteiger partial charge in [-0.05, 0) is 45.8 Å². The number of hydrogen-bond donors (Lipinski definition) is 0. The molecule has 4 aromatic rings. The molecule has 0 spiro atoms. The second-order valence-electron chi connectivity index (χ2n) is 6.03. The fraction of sp³-hybridized carbons (Fsp3) is 0. The monoisotopic (exact) mass is 357 g/mol. The summed E-state index contributed by atoms with van der Waals surface area (Å²) < 4.78 is 12.6. The van der Waals surface area contributed by atoms with Gasteiger partial charge in [0.25, 0.3) is 0 Å². The molecule has 124 valence electrons. The molecule has 0 fully saturated rings. The first-order chi connectivity index (χ1) is 12.6. The molecule has 0 aromatic heterocycles. The van der Waals surface area contributed by atoms with Crippen molar-refractivity contribution in [2.45, 2.75) is 0 Å². The maximum atomic E-state index is 12.6. The van der Waals surface area contributed by atoms with Crippen LogP contribution in [0, 0.1) is 0 Å². The van der Waals surface area contributed by atoms with E-state index in [0.29, 0.717) is 11.1 Å². The molecule has 4 aromatic carbocycles. The third-order valence-electron chi connectivity index (χ3n) is 4.36. The molecule has 0 saturated carbocycles. The summed E-state index contributed by atoms with van der Waals surface area (Å²) in [5, 5.41) is 3.72. The van der Waals surface area contributed by atoms with E-state index >= 15 is 0 Å². The highest BCUT2D eigenvalue weighted by molar-refractivity contribution is 7.80. The second-order valence-corrected chi connectivity index (χ2v) is 7.43. The summed E-state index contributed by atoms with van der Waals surface area (Å²) in [4.78, 5) is 25.1. The fourth-order valence-corrected chi connectivity index (χ4v) is 3.90. The van der Waals surface area contributed by atoms with Crippen LogP contribution in [0.5, 0.6) is 0 Å². The van der Waals surface area contributed by atoms with E-state index in [0.717, 1.165) is 21.5 Å². The summed E-state index contributed by atoms with van der Waals surface area (Å²) in [6.07, 6.45) is 0. The van der Waals surface area contributed by atoms with E-state index in [-0.39, 0.29) is 0 Å². The summed E-state index contributed by atoms with van der Waals surface area (Å²) in [7, 11) is -2.69. The highest BCUT2D eigenvalue weighted by Crippen LogP contribution is 2.33. The number of carbonyl (C=O) groups is 2. The average Bonchev–Trinajstić information content (AvgIpc) is 2.71. The van der Waals surface area contributed by atoms with Crippen LogP contribution < -0.4 is 0 Å². The summed E-state index contributed by atoms with van der Waals surface area (Å²) in [5.74, 6) is 0. The van der Waals surface area contributed by atoms with Crippen molar-refractivity contribution in [2.75, 3.05) is 0 Å². The van der Waals surface area contributed by atoms with Crippen LogP contribution in [0.1, 0.15) is 20.7 Å². The lowest BCUT2D eigenvalue weighted by molar-refractivity contribution is 0.104. The van der Waals surface area contributed by atoms with Gasteiger partial charge in [0, 0.05) is 0 Å². The molecule has 0 amide bonds. The van der Waals surface area contributed by atoms with Gasteiger partial charge in [-0.15, -0.1) is 0 Å². The molecule has 0 radical (unpaired) electrons. The Kier molecular flexibility index (Phi) is 4.16. The predicted octanol–water partition coefficient (Wildman–Crippen LogP) is 5.80. The number of rotatable bonds is 4. The van der Waals surface area contributed by atoms with E-state index in [1.807, 2.05) is 48.5 Å². The van der Waals surface area contributed by atoms with Crippen molar-refractivity contribution in [3.63, 3.8) is 0 Å². The van der Waals surface area contributed by atoms with E-state index < -0.39 is 18.8 Å². The van der Waals surface area contributed by atoms with Crippen LogP contribution in [0.2, 0.25) is 0 Å². The van der Waals surface area contributed by atoms with Crippen molar-refractivity contribution < 1.29 is 14.2 Å². The van der Waals surface area contributed by atoms with Crippen LogP contribution in [0.3, 0.4) is 0 Å². The van der Waals surface area contributed by atoms with Crippen molar-refractivity contribution in [3.05, 3.63) is 96.1 Å². The molecule has 0 aliphatic carbocycles. The minimum Gasteiger partial charge on any atom is -0.234 e. The third kappa shape index (κ3) is 2.94. The number of benzene rings is 4. The van der Waals surface area contributed by atoms with Crippen LogP contribution >= 0.6 is 7.80 Å². The third-order valence-corrected chi connectivity index (χ3v) is 5.62. The van der Waals surface area contributed by atoms with Crippen LogP contribution in [0.25, 0.3) is 21.5 Å². The first-order valence-electron chi connectivity index (χ1n) is 8.17. The number of carbonyl (C=O) groups excluding carboxylic acids is 2. The Labute approximate surface area is 151 Å². The minimum absolute atomic E-state index is 0.291. The van der Waals surface area contributed by atoms with Gasteiger partial charge in [-0.1, -0.05) is 65.2 Å². The molecule has 26 heavy (non-hydrogen) atoms. The van der Waals surface area contributed by atoms with Gasteiger partial charge in [-0.2, -0.15) is 0 Å². The van der Waals surface area contributed by atoms with Gasteiger partial charge in [0.15, 0.2) is 0 Å². The smallest absolute Gasteiger partial charge is 0.234 e. The predicted molar refractivity (Wildman–Crippen MR) is 104 cm³/mol. The zero-order valence-electron chi connectivity index (χ0n) is 13.8. The minimum atomic E-state index is -2.69. The normalized spacial score (nSPS) is 10.8. The molecular weight excluding hydrogens is 343 g/mol. The fourth-order valence-electron chi connectivity index (χ4n) is 2.97. The molecule has 0 N–H and O–H groups in total. The molecule has 0 bridgehead atoms. The van der Waals surface area contributed by atoms with E-state index in [2.05, 4.69) is 0 Å². The highest BCUT2D eigenvalue weighted by Gasteiger charge is 2.40. The van der Waals surface area contributed by atoms with Crippen molar-refractivity contribution in [2.24, 2.45) is 0 Å². The second kappa shape index (κ2) is 6.62. The first kappa shape index (κ1) is 16.3. The molecule has 4 heteroatoms. The molecule has 0 aliphatic heterocycles. The summed E-state index contributed by atoms with van der Waals surface area (Å²) in [5.41, 5.74) is -0.689. The van der Waals surface area contributed by atoms with Crippen LogP contribution in [0.15, 0.2) is 84.9 Å². The summed E-state index contributed by atoms with van der Waals surface area (Å²) >= 11 is 0. The van der Waals surface area contributed by atoms with Crippen LogP contribution in [-0.4, -0.2) is 11.0 Å². The Morgan fingerprint density at radius 3 is 1.35 bits per heavy atom. The standard InChI is InChI=1S/C22H14O3P/c23-21(19-11-9-15-5-1-3-7-17(15)13-19)26(25)22(24)20-12-10-16-6-2-4-8-18(16)14-20/h1-14H/q+1. The van der Waals surface area contributed by atoms with Crippen molar-refractivity contribution in [3.8, 4) is 0 Å². The van der Waals surface area contributed by atoms with Crippen LogP contribution in [-0.2, 0) is 4.57 Å². The van der Waals surface area contributed by atoms with E-state index in [4.69, 9.17) is 0 Å². The van der Waals surface area contributed by atoms with E-state index in [1.165, 1.54) is 0 Å². The Morgan fingerprint density at radius 2 is 0.923 bits per heavy atom. The van der Waals surface area contributed by atoms with Crippen LogP contribution in [0.4, 0.5) is 0 Å². The topological polar surface area (TPSA) is 51.2 Å². The van der Waals surface area contributed by atoms with Gasteiger partial charge < -0.3 is 0 Å². The summed E-state index contributed by atoms with van der Waals surface area (Å²) in [6.45, 7) is 0. The summed E-state index contributed by atoms with van der Waals surface area (Å²) in [6, 6.07) is 25.4. The maximum absolute atomic E-state index is 12.6. The van der Waals surface area contributed by atoms with Crippen molar-refractivity contribution >= 4 is 40.4 Å². The first-order valence-corrected chi connectivity index (χ1v) is 9.43. The molecule has 4 rings (SSSR count). The number of hydrogen-bond acceptors (Lipinski definition) is 3. The quantitative estimate of drug-likeness (QED) is 0.434. The largest absolute Gasteiger partial charge is 0.501 e. The van der Waals surface area contributed by atoms with E-state index in [9.17, 15) is 14.2 Å². The zero-order valence-corrected chi connectivity index (χ0v) is 14.6. The Hall–Kier alpha value is -3.16. The molecule has 0 heterocycles. The molecule has 0 saturated heterocycles. The van der Waals surface area contributed by atoms with Gasteiger partial charge in [0.1, 0.15) is 0 Å². The lowest BCUT2D eigenvalue weighted by Crippen LogP contribution is -2.01. The van der Waals surface area contributed by atoms with Gasteiger partial charge >= 0.3 is 18.8 Å². The van der Waals surface area contributed by atoms with Crippen molar-refractivity contribution in [1.82, 2.24) is 0 Å². The van der Waals surface area contributed by atoms with Gasteiger partial charge in [-0.25, -0.2) is 9.59 Å². The Balaban J connectivity index is 1.66. The van der Waals surface area contributed by atoms with Gasteiger partial charge in [0.2, 0.25) is 0 Å². The number of fused-ring (bicyclic) bond motifs is 2. The molecule has 0 atom stereocenters. The maximum Gasteiger partial charge on any atom is 0.501 e. The van der Waals surface area contributed by atoms with E-state index in [1.54, 1.807) is 36.4 Å². The molecule has 3 nitrogen and oxygen atoms in total. The van der Waals surface area contributed by atoms with Crippen molar-refractivity contribution in [1.29, 1.82) is 0 Å². The average molecular weight is 357 g/mol.